The summed E-state index contributed by atoms with van der Waals surface area (Å²) >= 11 is 0. The van der Waals surface area contributed by atoms with Crippen LogP contribution >= 0.6 is 0 Å². The van der Waals surface area contributed by atoms with E-state index >= 15 is 0 Å². The first kappa shape index (κ1) is 17.5. The van der Waals surface area contributed by atoms with E-state index in [2.05, 4.69) is 18.4 Å². The molecule has 0 fully saturated rings. The molecule has 1 aromatic carbocycles. The fourth-order valence-electron chi connectivity index (χ4n) is 1.66. The largest absolute Gasteiger partial charge is 0.244 e. The molecule has 21 heavy (non-hydrogen) atoms. The molecule has 0 aliphatic carbocycles. The van der Waals surface area contributed by atoms with Crippen LogP contribution in [0.25, 0.3) is 0 Å². The van der Waals surface area contributed by atoms with Gasteiger partial charge in [0.25, 0.3) is 0 Å². The van der Waals surface area contributed by atoms with Crippen molar-refractivity contribution in [3.05, 3.63) is 42.0 Å². The molecule has 0 aromatic heterocycles. The summed E-state index contributed by atoms with van der Waals surface area (Å²) in [6, 6.07) is 6.87. The molecule has 0 radical (unpaired) electrons. The van der Waals surface area contributed by atoms with Gasteiger partial charge in [0.2, 0.25) is 10.0 Å². The van der Waals surface area contributed by atoms with E-state index in [1.165, 1.54) is 4.31 Å². The molecule has 0 aliphatic heterocycles. The molecular formula is C17H23NO2S. The fraction of sp³-hybridized carbons (Fsp3) is 0.412. The number of benzene rings is 1. The van der Waals surface area contributed by atoms with Crippen LogP contribution in [0.3, 0.4) is 0 Å². The van der Waals surface area contributed by atoms with Crippen LogP contribution in [0, 0.1) is 24.7 Å². The average molecular weight is 305 g/mol. The van der Waals surface area contributed by atoms with Crippen molar-refractivity contribution < 1.29 is 8.42 Å². The molecule has 0 aliphatic rings. The number of hydrogen-bond donors (Lipinski definition) is 0. The lowest BCUT2D eigenvalue weighted by Crippen LogP contribution is -2.34. The molecule has 0 atom stereocenters. The summed E-state index contributed by atoms with van der Waals surface area (Å²) < 4.78 is 26.8. The van der Waals surface area contributed by atoms with Crippen LogP contribution in [-0.4, -0.2) is 25.8 Å². The van der Waals surface area contributed by atoms with Crippen molar-refractivity contribution in [1.29, 1.82) is 0 Å². The maximum Gasteiger partial charge on any atom is 0.244 e. The third-order valence-electron chi connectivity index (χ3n) is 3.29. The molecule has 1 rings (SSSR count). The van der Waals surface area contributed by atoms with Crippen molar-refractivity contribution in [3.63, 3.8) is 0 Å². The zero-order valence-electron chi connectivity index (χ0n) is 13.2. The Morgan fingerprint density at radius 2 is 1.86 bits per heavy atom. The van der Waals surface area contributed by atoms with E-state index in [1.54, 1.807) is 31.2 Å². The lowest BCUT2D eigenvalue weighted by molar-refractivity contribution is 0.459. The second-order valence-electron chi connectivity index (χ2n) is 5.33. The van der Waals surface area contributed by atoms with Gasteiger partial charge in [0, 0.05) is 6.54 Å². The van der Waals surface area contributed by atoms with Gasteiger partial charge in [-0.05, 0) is 31.9 Å². The average Bonchev–Trinajstić information content (AvgIpc) is 2.43. The Kier molecular flexibility index (Phi) is 6.19. The summed E-state index contributed by atoms with van der Waals surface area (Å²) in [6.45, 7) is 12.1. The van der Waals surface area contributed by atoms with E-state index in [-0.39, 0.29) is 12.5 Å². The first-order chi connectivity index (χ1) is 9.78. The summed E-state index contributed by atoms with van der Waals surface area (Å²) in [6.07, 6.45) is 0. The van der Waals surface area contributed by atoms with Crippen molar-refractivity contribution in [3.8, 4) is 11.8 Å². The Balaban J connectivity index is 3.12. The predicted molar refractivity (Wildman–Crippen MR) is 87.4 cm³/mol. The molecule has 0 bridgehead atoms. The smallest absolute Gasteiger partial charge is 0.207 e. The summed E-state index contributed by atoms with van der Waals surface area (Å²) in [5, 5.41) is 0. The first-order valence-corrected chi connectivity index (χ1v) is 8.37. The van der Waals surface area contributed by atoms with Crippen molar-refractivity contribution in [2.75, 3.05) is 13.1 Å². The highest BCUT2D eigenvalue weighted by molar-refractivity contribution is 7.89. The van der Waals surface area contributed by atoms with Crippen molar-refractivity contribution in [2.24, 2.45) is 5.92 Å². The van der Waals surface area contributed by atoms with Gasteiger partial charge in [-0.25, -0.2) is 8.42 Å². The molecule has 0 saturated carbocycles. The predicted octanol–water partition coefficient (Wildman–Crippen LogP) is 3.22. The fourth-order valence-corrected chi connectivity index (χ4v) is 3.01. The zero-order chi connectivity index (χ0) is 16.0. The number of hydrogen-bond acceptors (Lipinski definition) is 2. The van der Waals surface area contributed by atoms with Gasteiger partial charge >= 0.3 is 0 Å². The van der Waals surface area contributed by atoms with Crippen molar-refractivity contribution in [1.82, 2.24) is 4.31 Å². The van der Waals surface area contributed by atoms with Crippen LogP contribution in [-0.2, 0) is 10.0 Å². The molecule has 0 N–H and O–H groups in total. The van der Waals surface area contributed by atoms with Gasteiger partial charge in [-0.3, -0.25) is 0 Å². The molecule has 0 heterocycles. The Morgan fingerprint density at radius 1 is 1.29 bits per heavy atom. The van der Waals surface area contributed by atoms with Crippen molar-refractivity contribution >= 4 is 10.0 Å². The standard InChI is InChI=1S/C17H23NO2S/c1-6-7-12-18(13-16(5)14(2)3)21(19,20)17-10-8-15(4)9-11-17/h8-11,14H,5,12-13H2,1-4H3. The van der Waals surface area contributed by atoms with Crippen LogP contribution in [0.15, 0.2) is 41.3 Å². The van der Waals surface area contributed by atoms with Crippen LogP contribution in [0.1, 0.15) is 26.3 Å². The molecule has 114 valence electrons. The third-order valence-corrected chi connectivity index (χ3v) is 5.09. The normalized spacial score (nSPS) is 11.3. The summed E-state index contributed by atoms with van der Waals surface area (Å²) in [5.41, 5.74) is 1.91. The maximum absolute atomic E-state index is 12.7. The molecular weight excluding hydrogens is 282 g/mol. The van der Waals surface area contributed by atoms with Gasteiger partial charge in [-0.1, -0.05) is 49.6 Å². The van der Waals surface area contributed by atoms with E-state index in [0.29, 0.717) is 11.4 Å². The lowest BCUT2D eigenvalue weighted by atomic mass is 10.1. The van der Waals surface area contributed by atoms with Gasteiger partial charge in [-0.2, -0.15) is 4.31 Å². The molecule has 0 amide bonds. The van der Waals surface area contributed by atoms with Crippen LogP contribution < -0.4 is 0 Å². The highest BCUT2D eigenvalue weighted by Crippen LogP contribution is 2.19. The lowest BCUT2D eigenvalue weighted by Gasteiger charge is -2.22. The highest BCUT2D eigenvalue weighted by Gasteiger charge is 2.24. The molecule has 4 heteroatoms. The Bertz CT molecular complexity index is 646. The topological polar surface area (TPSA) is 37.4 Å². The van der Waals surface area contributed by atoms with Crippen LogP contribution in [0.5, 0.6) is 0 Å². The van der Waals surface area contributed by atoms with E-state index in [0.717, 1.165) is 11.1 Å². The van der Waals surface area contributed by atoms with Gasteiger partial charge in [0.1, 0.15) is 0 Å². The molecule has 1 aromatic rings. The quantitative estimate of drug-likeness (QED) is 0.598. The van der Waals surface area contributed by atoms with Gasteiger partial charge in [0.15, 0.2) is 0 Å². The van der Waals surface area contributed by atoms with E-state index in [1.807, 2.05) is 20.8 Å². The molecule has 0 spiro atoms. The van der Waals surface area contributed by atoms with Gasteiger partial charge in [-0.15, -0.1) is 5.92 Å². The molecule has 3 nitrogen and oxygen atoms in total. The van der Waals surface area contributed by atoms with E-state index in [4.69, 9.17) is 0 Å². The van der Waals surface area contributed by atoms with Crippen LogP contribution in [0.2, 0.25) is 0 Å². The van der Waals surface area contributed by atoms with Gasteiger partial charge < -0.3 is 0 Å². The second kappa shape index (κ2) is 7.44. The number of rotatable bonds is 6. The third kappa shape index (κ3) is 4.73. The molecule has 0 unspecified atom stereocenters. The minimum Gasteiger partial charge on any atom is -0.207 e. The maximum atomic E-state index is 12.7. The molecule has 0 saturated heterocycles. The summed E-state index contributed by atoms with van der Waals surface area (Å²) in [4.78, 5) is 0.294. The monoisotopic (exact) mass is 305 g/mol. The zero-order valence-corrected chi connectivity index (χ0v) is 14.0. The number of sulfonamides is 1. The number of nitrogens with zero attached hydrogens (tertiary/aromatic N) is 1. The Morgan fingerprint density at radius 3 is 2.33 bits per heavy atom. The minimum absolute atomic E-state index is 0.179. The summed E-state index contributed by atoms with van der Waals surface area (Å²) in [7, 11) is -3.55. The SMILES string of the molecule is C=C(CN(CC#CC)S(=O)(=O)c1ccc(C)cc1)C(C)C. The van der Waals surface area contributed by atoms with Crippen molar-refractivity contribution in [2.45, 2.75) is 32.6 Å². The van der Waals surface area contributed by atoms with E-state index in [9.17, 15) is 8.42 Å². The highest BCUT2D eigenvalue weighted by atomic mass is 32.2. The Hall–Kier alpha value is -1.57. The number of aryl methyl sites for hydroxylation is 1. The van der Waals surface area contributed by atoms with Gasteiger partial charge in [0.05, 0.1) is 11.4 Å². The Labute approximate surface area is 128 Å². The minimum atomic E-state index is -3.55. The first-order valence-electron chi connectivity index (χ1n) is 6.93. The van der Waals surface area contributed by atoms with Crippen LogP contribution in [0.4, 0.5) is 0 Å². The summed E-state index contributed by atoms with van der Waals surface area (Å²) in [5.74, 6) is 5.81. The van der Waals surface area contributed by atoms with E-state index < -0.39 is 10.0 Å². The second-order valence-corrected chi connectivity index (χ2v) is 7.26.